The van der Waals surface area contributed by atoms with Gasteiger partial charge in [-0.1, -0.05) is 65.7 Å². The average molecular weight is 476 g/mol. The first-order valence-corrected chi connectivity index (χ1v) is 11.7. The van der Waals surface area contributed by atoms with Crippen LogP contribution in [0.25, 0.3) is 0 Å². The third kappa shape index (κ3) is 3.53. The first-order chi connectivity index (χ1) is 14.5. The molecule has 0 spiro atoms. The molecular formula is C28H32BrN2+. The predicted molar refractivity (Wildman–Crippen MR) is 137 cm³/mol. The Kier molecular flexibility index (Phi) is 5.37. The van der Waals surface area contributed by atoms with Crippen molar-refractivity contribution in [3.63, 3.8) is 0 Å². The molecule has 0 atom stereocenters. The maximum Gasteiger partial charge on any atom is 0.209 e. The van der Waals surface area contributed by atoms with Crippen LogP contribution in [-0.4, -0.2) is 24.4 Å². The van der Waals surface area contributed by atoms with Gasteiger partial charge in [-0.05, 0) is 50.6 Å². The molecule has 0 radical (unpaired) electrons. The van der Waals surface area contributed by atoms with Crippen molar-refractivity contribution in [2.75, 3.05) is 19.0 Å². The first kappa shape index (κ1) is 21.8. The van der Waals surface area contributed by atoms with Gasteiger partial charge in [0.15, 0.2) is 5.71 Å². The fourth-order valence-corrected chi connectivity index (χ4v) is 5.48. The third-order valence-corrected chi connectivity index (χ3v) is 7.41. The smallest absolute Gasteiger partial charge is 0.209 e. The summed E-state index contributed by atoms with van der Waals surface area (Å²) in [6, 6.07) is 13.3. The number of nitrogens with zero attached hydrogens (tertiary/aromatic N) is 2. The number of aryl methyl sites for hydroxylation is 1. The molecule has 2 aliphatic rings. The zero-order chi connectivity index (χ0) is 22.6. The van der Waals surface area contributed by atoms with Crippen LogP contribution in [0.1, 0.15) is 44.4 Å². The molecule has 0 aliphatic carbocycles. The highest BCUT2D eigenvalue weighted by molar-refractivity contribution is 9.10. The number of hydrogen-bond acceptors (Lipinski definition) is 1. The van der Waals surface area contributed by atoms with Crippen LogP contribution in [0.3, 0.4) is 0 Å². The number of anilines is 1. The molecule has 0 saturated carbocycles. The Balaban J connectivity index is 1.57. The summed E-state index contributed by atoms with van der Waals surface area (Å²) in [5.74, 6) is 0. The molecule has 160 valence electrons. The zero-order valence-corrected chi connectivity index (χ0v) is 21.2. The third-order valence-electron chi connectivity index (χ3n) is 6.91. The van der Waals surface area contributed by atoms with E-state index in [1.165, 1.54) is 39.5 Å². The van der Waals surface area contributed by atoms with Crippen LogP contribution < -0.4 is 4.90 Å². The number of halogens is 1. The Morgan fingerprint density at radius 2 is 1.65 bits per heavy atom. The van der Waals surface area contributed by atoms with Crippen LogP contribution in [0.15, 0.2) is 76.9 Å². The van der Waals surface area contributed by atoms with Gasteiger partial charge in [-0.3, -0.25) is 0 Å². The number of fused-ring (bicyclic) bond motifs is 2. The molecule has 0 saturated heterocycles. The number of benzene rings is 2. The summed E-state index contributed by atoms with van der Waals surface area (Å²) in [7, 11) is 4.32. The quantitative estimate of drug-likeness (QED) is 0.336. The molecule has 2 nitrogen and oxygen atoms in total. The van der Waals surface area contributed by atoms with Gasteiger partial charge in [-0.2, -0.15) is 4.58 Å². The number of likely N-dealkylation sites (N-methyl/N-ethyl adjacent to an activating group) is 1. The maximum atomic E-state index is 3.62. The number of allylic oxidation sites excluding steroid dienone is 6. The van der Waals surface area contributed by atoms with Crippen LogP contribution in [-0.2, 0) is 10.8 Å². The molecule has 3 heteroatoms. The van der Waals surface area contributed by atoms with Gasteiger partial charge in [-0.25, -0.2) is 0 Å². The van der Waals surface area contributed by atoms with Crippen LogP contribution >= 0.6 is 15.9 Å². The maximum absolute atomic E-state index is 3.62. The van der Waals surface area contributed by atoms with Gasteiger partial charge < -0.3 is 4.90 Å². The minimum Gasteiger partial charge on any atom is -0.347 e. The predicted octanol–water partition coefficient (Wildman–Crippen LogP) is 7.19. The average Bonchev–Trinajstić information content (AvgIpc) is 3.00. The van der Waals surface area contributed by atoms with Crippen LogP contribution in [0.5, 0.6) is 0 Å². The Morgan fingerprint density at radius 3 is 2.39 bits per heavy atom. The summed E-state index contributed by atoms with van der Waals surface area (Å²) in [5.41, 5.74) is 9.26. The molecule has 0 fully saturated rings. The monoisotopic (exact) mass is 475 g/mol. The van der Waals surface area contributed by atoms with Gasteiger partial charge in [0.25, 0.3) is 0 Å². The Hall–Kier alpha value is -2.39. The van der Waals surface area contributed by atoms with Crippen molar-refractivity contribution >= 4 is 33.0 Å². The van der Waals surface area contributed by atoms with E-state index < -0.39 is 0 Å². The van der Waals surface area contributed by atoms with E-state index in [4.69, 9.17) is 0 Å². The molecule has 0 aromatic heterocycles. The highest BCUT2D eigenvalue weighted by Gasteiger charge is 2.43. The highest BCUT2D eigenvalue weighted by Crippen LogP contribution is 2.47. The molecule has 0 N–H and O–H groups in total. The van der Waals surface area contributed by atoms with Gasteiger partial charge in [0.1, 0.15) is 7.05 Å². The normalized spacial score (nSPS) is 20.4. The fraction of sp³-hybridized carbons (Fsp3) is 0.321. The molecule has 2 aromatic carbocycles. The lowest BCUT2D eigenvalue weighted by Crippen LogP contribution is -2.26. The lowest BCUT2D eigenvalue weighted by molar-refractivity contribution is -0.401. The summed E-state index contributed by atoms with van der Waals surface area (Å²) < 4.78 is 3.43. The second-order valence-electron chi connectivity index (χ2n) is 9.73. The highest BCUT2D eigenvalue weighted by atomic mass is 79.9. The van der Waals surface area contributed by atoms with Crippen molar-refractivity contribution in [2.45, 2.75) is 45.4 Å². The van der Waals surface area contributed by atoms with Crippen LogP contribution in [0, 0.1) is 6.92 Å². The van der Waals surface area contributed by atoms with Crippen molar-refractivity contribution in [3.8, 4) is 0 Å². The number of hydrogen-bond donors (Lipinski definition) is 0. The summed E-state index contributed by atoms with van der Waals surface area (Å²) in [4.78, 5) is 2.32. The van der Waals surface area contributed by atoms with Crippen molar-refractivity contribution in [3.05, 3.63) is 93.6 Å². The molecule has 0 unspecified atom stereocenters. The van der Waals surface area contributed by atoms with E-state index in [-0.39, 0.29) is 10.8 Å². The van der Waals surface area contributed by atoms with Gasteiger partial charge >= 0.3 is 0 Å². The van der Waals surface area contributed by atoms with Crippen LogP contribution in [0.2, 0.25) is 0 Å². The van der Waals surface area contributed by atoms with Crippen molar-refractivity contribution in [1.29, 1.82) is 0 Å². The van der Waals surface area contributed by atoms with Gasteiger partial charge in [0, 0.05) is 46.0 Å². The molecule has 2 aliphatic heterocycles. The molecule has 4 rings (SSSR count). The first-order valence-electron chi connectivity index (χ1n) is 10.9. The van der Waals surface area contributed by atoms with E-state index in [1.54, 1.807) is 0 Å². The molecule has 0 bridgehead atoms. The molecular weight excluding hydrogens is 444 g/mol. The summed E-state index contributed by atoms with van der Waals surface area (Å²) >= 11 is 3.62. The SMILES string of the molecule is Cc1ccc2c(c1)C(C)(C)\C(=C/C=C/C=C/C1=[N+](C)c3ccc(Br)cc3C1(C)C)N2C. The molecule has 0 amide bonds. The minimum absolute atomic E-state index is 0.00159. The molecule has 31 heavy (non-hydrogen) atoms. The van der Waals surface area contributed by atoms with Crippen LogP contribution in [0.4, 0.5) is 11.4 Å². The largest absolute Gasteiger partial charge is 0.347 e. The van der Waals surface area contributed by atoms with Crippen molar-refractivity contribution in [1.82, 2.24) is 0 Å². The second-order valence-corrected chi connectivity index (χ2v) is 10.6. The van der Waals surface area contributed by atoms with E-state index in [0.717, 1.165) is 4.47 Å². The Labute approximate surface area is 195 Å². The lowest BCUT2D eigenvalue weighted by atomic mass is 9.81. The number of rotatable bonds is 3. The zero-order valence-electron chi connectivity index (χ0n) is 19.6. The Bertz CT molecular complexity index is 1180. The minimum atomic E-state index is -0.0240. The van der Waals surface area contributed by atoms with Gasteiger partial charge in [0.05, 0.1) is 5.41 Å². The van der Waals surface area contributed by atoms with E-state index in [0.29, 0.717) is 0 Å². The van der Waals surface area contributed by atoms with E-state index in [2.05, 4.69) is 141 Å². The summed E-state index contributed by atoms with van der Waals surface area (Å²) in [6.45, 7) is 11.4. The molecule has 2 heterocycles. The van der Waals surface area contributed by atoms with E-state index >= 15 is 0 Å². The second kappa shape index (κ2) is 7.63. The van der Waals surface area contributed by atoms with Crippen molar-refractivity contribution < 1.29 is 4.58 Å². The van der Waals surface area contributed by atoms with Crippen molar-refractivity contribution in [2.24, 2.45) is 0 Å². The lowest BCUT2D eigenvalue weighted by Gasteiger charge is -2.23. The van der Waals surface area contributed by atoms with Gasteiger partial charge in [0.2, 0.25) is 5.69 Å². The molecule has 2 aromatic rings. The summed E-state index contributed by atoms with van der Waals surface area (Å²) in [5, 5.41) is 0. The van der Waals surface area contributed by atoms with Gasteiger partial charge in [-0.15, -0.1) is 0 Å². The van der Waals surface area contributed by atoms with E-state index in [1.807, 2.05) is 0 Å². The van der Waals surface area contributed by atoms with E-state index in [9.17, 15) is 0 Å². The Morgan fingerprint density at radius 1 is 0.903 bits per heavy atom. The standard InChI is InChI=1S/C28H32BrN2/c1-19-13-15-23-21(17-19)27(2,3)25(30(23)6)11-9-8-10-12-26-28(4,5)22-18-20(29)14-16-24(22)31(26)7/h8-18H,1-7H3/q+1. The summed E-state index contributed by atoms with van der Waals surface area (Å²) in [6.07, 6.45) is 10.9. The fourth-order valence-electron chi connectivity index (χ4n) is 5.12. The topological polar surface area (TPSA) is 6.25 Å².